The van der Waals surface area contributed by atoms with Crippen LogP contribution in [0.15, 0.2) is 0 Å². The SMILES string of the molecule is CN(C)C[C@@H]1CN(C(=O)C2CCCN(S(N)(=O)=O)C2)C[C@H]1CN(C)C. The van der Waals surface area contributed by atoms with E-state index >= 15 is 0 Å². The van der Waals surface area contributed by atoms with Crippen LogP contribution in [0.25, 0.3) is 0 Å². The van der Waals surface area contributed by atoms with Gasteiger partial charge in [-0.05, 0) is 52.9 Å². The summed E-state index contributed by atoms with van der Waals surface area (Å²) < 4.78 is 24.4. The Balaban J connectivity index is 2.03. The van der Waals surface area contributed by atoms with Gasteiger partial charge in [-0.3, -0.25) is 4.79 Å². The Bertz CT molecular complexity index is 548. The van der Waals surface area contributed by atoms with Crippen molar-refractivity contribution in [3.63, 3.8) is 0 Å². The van der Waals surface area contributed by atoms with Gasteiger partial charge >= 0.3 is 0 Å². The van der Waals surface area contributed by atoms with Crippen LogP contribution in [0.5, 0.6) is 0 Å². The number of carbonyl (C=O) groups excluding carboxylic acids is 1. The van der Waals surface area contributed by atoms with E-state index in [9.17, 15) is 13.2 Å². The summed E-state index contributed by atoms with van der Waals surface area (Å²) in [6, 6.07) is 0. The predicted molar refractivity (Wildman–Crippen MR) is 98.1 cm³/mol. The van der Waals surface area contributed by atoms with Gasteiger partial charge in [0.1, 0.15) is 0 Å². The molecule has 9 heteroatoms. The molecule has 0 aliphatic carbocycles. The second-order valence-corrected chi connectivity index (χ2v) is 9.58. The normalized spacial score (nSPS) is 28.9. The van der Waals surface area contributed by atoms with Crippen molar-refractivity contribution >= 4 is 16.1 Å². The molecule has 2 saturated heterocycles. The standard InChI is InChI=1S/C16H33N5O3S/c1-18(2)8-14-10-20(11-15(14)9-19(3)4)16(22)13-6-5-7-21(12-13)25(17,23)24/h13-15H,5-12H2,1-4H3,(H2,17,23,24)/t13?,14-,15-/m1/s1. The molecule has 0 aromatic heterocycles. The van der Waals surface area contributed by atoms with Gasteiger partial charge in [0, 0.05) is 39.3 Å². The minimum absolute atomic E-state index is 0.0818. The molecule has 0 spiro atoms. The topological polar surface area (TPSA) is 90.2 Å². The second kappa shape index (κ2) is 8.30. The summed E-state index contributed by atoms with van der Waals surface area (Å²) in [5, 5.41) is 5.24. The molecule has 2 rings (SSSR count). The van der Waals surface area contributed by atoms with E-state index in [4.69, 9.17) is 5.14 Å². The molecule has 2 heterocycles. The zero-order valence-electron chi connectivity index (χ0n) is 15.9. The average Bonchev–Trinajstić information content (AvgIpc) is 2.87. The van der Waals surface area contributed by atoms with Gasteiger partial charge in [0.05, 0.1) is 5.92 Å². The third-order valence-electron chi connectivity index (χ3n) is 5.18. The van der Waals surface area contributed by atoms with Gasteiger partial charge in [0.25, 0.3) is 10.2 Å². The smallest absolute Gasteiger partial charge is 0.276 e. The summed E-state index contributed by atoms with van der Waals surface area (Å²) in [7, 11) is 4.51. The maximum absolute atomic E-state index is 13.0. The molecule has 1 amide bonds. The van der Waals surface area contributed by atoms with E-state index in [0.29, 0.717) is 24.8 Å². The number of nitrogens with two attached hydrogens (primary N) is 1. The third kappa shape index (κ3) is 5.62. The first-order valence-electron chi connectivity index (χ1n) is 8.94. The van der Waals surface area contributed by atoms with Crippen LogP contribution in [0.1, 0.15) is 12.8 Å². The zero-order valence-corrected chi connectivity index (χ0v) is 16.7. The van der Waals surface area contributed by atoms with Crippen LogP contribution < -0.4 is 5.14 Å². The summed E-state index contributed by atoms with van der Waals surface area (Å²) in [6.45, 7) is 4.04. The highest BCUT2D eigenvalue weighted by atomic mass is 32.2. The van der Waals surface area contributed by atoms with Gasteiger partial charge in [0.15, 0.2) is 0 Å². The van der Waals surface area contributed by atoms with Crippen LogP contribution in [0.2, 0.25) is 0 Å². The van der Waals surface area contributed by atoms with E-state index < -0.39 is 10.2 Å². The molecule has 1 unspecified atom stereocenters. The fourth-order valence-electron chi connectivity index (χ4n) is 4.10. The molecule has 146 valence electrons. The average molecular weight is 376 g/mol. The van der Waals surface area contributed by atoms with Gasteiger partial charge in [-0.1, -0.05) is 0 Å². The first-order chi connectivity index (χ1) is 11.6. The molecule has 2 aliphatic heterocycles. The quantitative estimate of drug-likeness (QED) is 0.650. The van der Waals surface area contributed by atoms with Crippen LogP contribution in [0.4, 0.5) is 0 Å². The van der Waals surface area contributed by atoms with Crippen molar-refractivity contribution in [3.8, 4) is 0 Å². The maximum atomic E-state index is 13.0. The lowest BCUT2D eigenvalue weighted by atomic mass is 9.95. The maximum Gasteiger partial charge on any atom is 0.276 e. The van der Waals surface area contributed by atoms with Gasteiger partial charge in [0.2, 0.25) is 5.91 Å². The van der Waals surface area contributed by atoms with Crippen molar-refractivity contribution in [1.82, 2.24) is 19.0 Å². The van der Waals surface area contributed by atoms with E-state index in [-0.39, 0.29) is 18.4 Å². The minimum Gasteiger partial charge on any atom is -0.342 e. The van der Waals surface area contributed by atoms with Crippen molar-refractivity contribution in [3.05, 3.63) is 0 Å². The Hall–Kier alpha value is -0.740. The summed E-state index contributed by atoms with van der Waals surface area (Å²) in [5.41, 5.74) is 0. The molecule has 2 fully saturated rings. The Labute approximate surface area is 152 Å². The molecule has 0 aromatic carbocycles. The number of rotatable bonds is 6. The first kappa shape index (κ1) is 20.6. The van der Waals surface area contributed by atoms with Crippen LogP contribution in [-0.4, -0.2) is 101 Å². The Morgan fingerprint density at radius 2 is 1.56 bits per heavy atom. The highest BCUT2D eigenvalue weighted by Gasteiger charge is 2.39. The van der Waals surface area contributed by atoms with Gasteiger partial charge in [-0.25, -0.2) is 5.14 Å². The summed E-state index contributed by atoms with van der Waals surface area (Å²) in [4.78, 5) is 19.3. The van der Waals surface area contributed by atoms with E-state index in [1.807, 2.05) is 4.90 Å². The second-order valence-electron chi connectivity index (χ2n) is 8.03. The van der Waals surface area contributed by atoms with E-state index in [0.717, 1.165) is 32.6 Å². The molecule has 0 saturated carbocycles. The van der Waals surface area contributed by atoms with Gasteiger partial charge < -0.3 is 14.7 Å². The lowest BCUT2D eigenvalue weighted by Gasteiger charge is -2.32. The highest BCUT2D eigenvalue weighted by molar-refractivity contribution is 7.86. The number of carbonyl (C=O) groups is 1. The lowest BCUT2D eigenvalue weighted by molar-refractivity contribution is -0.135. The molecule has 8 nitrogen and oxygen atoms in total. The van der Waals surface area contributed by atoms with E-state index in [1.165, 1.54) is 4.31 Å². The Kier molecular flexibility index (Phi) is 6.83. The molecular formula is C16H33N5O3S. The van der Waals surface area contributed by atoms with Crippen molar-refractivity contribution in [2.45, 2.75) is 12.8 Å². The number of amides is 1. The van der Waals surface area contributed by atoms with Gasteiger partial charge in [-0.2, -0.15) is 12.7 Å². The minimum atomic E-state index is -3.72. The van der Waals surface area contributed by atoms with Crippen LogP contribution in [0.3, 0.4) is 0 Å². The first-order valence-corrected chi connectivity index (χ1v) is 10.4. The van der Waals surface area contributed by atoms with E-state index in [1.54, 1.807) is 0 Å². The Morgan fingerprint density at radius 3 is 2.00 bits per heavy atom. The third-order valence-corrected chi connectivity index (χ3v) is 6.23. The molecule has 0 aromatic rings. The van der Waals surface area contributed by atoms with Crippen molar-refractivity contribution in [2.24, 2.45) is 22.9 Å². The van der Waals surface area contributed by atoms with Crippen LogP contribution >= 0.6 is 0 Å². The van der Waals surface area contributed by atoms with Crippen molar-refractivity contribution in [2.75, 3.05) is 67.5 Å². The molecule has 0 bridgehead atoms. The van der Waals surface area contributed by atoms with Gasteiger partial charge in [-0.15, -0.1) is 0 Å². The zero-order chi connectivity index (χ0) is 18.8. The van der Waals surface area contributed by atoms with E-state index in [2.05, 4.69) is 38.0 Å². The highest BCUT2D eigenvalue weighted by Crippen LogP contribution is 2.28. The number of piperidine rings is 1. The molecule has 2 aliphatic rings. The van der Waals surface area contributed by atoms with Crippen LogP contribution in [-0.2, 0) is 15.0 Å². The molecule has 0 radical (unpaired) electrons. The number of hydrogen-bond acceptors (Lipinski definition) is 5. The largest absolute Gasteiger partial charge is 0.342 e. The number of likely N-dealkylation sites (tertiary alicyclic amines) is 1. The van der Waals surface area contributed by atoms with Crippen molar-refractivity contribution in [1.29, 1.82) is 0 Å². The monoisotopic (exact) mass is 375 g/mol. The van der Waals surface area contributed by atoms with Crippen molar-refractivity contribution < 1.29 is 13.2 Å². The number of nitrogens with zero attached hydrogens (tertiary/aromatic N) is 4. The summed E-state index contributed by atoms with van der Waals surface area (Å²) >= 11 is 0. The molecule has 2 N–H and O–H groups in total. The molecular weight excluding hydrogens is 342 g/mol. The van der Waals surface area contributed by atoms with Crippen LogP contribution in [0, 0.1) is 17.8 Å². The molecule has 25 heavy (non-hydrogen) atoms. The Morgan fingerprint density at radius 1 is 1.04 bits per heavy atom. The summed E-state index contributed by atoms with van der Waals surface area (Å²) in [6.07, 6.45) is 1.42. The number of hydrogen-bond donors (Lipinski definition) is 1. The predicted octanol–water partition coefficient (Wildman–Crippen LogP) is -0.900. The fraction of sp³-hybridized carbons (Fsp3) is 0.938. The molecule has 3 atom stereocenters. The summed E-state index contributed by atoms with van der Waals surface area (Å²) in [5.74, 6) is 0.696. The lowest BCUT2D eigenvalue weighted by Crippen LogP contribution is -2.48. The fourth-order valence-corrected chi connectivity index (χ4v) is 4.88.